The van der Waals surface area contributed by atoms with Crippen molar-refractivity contribution in [2.45, 2.75) is 22.5 Å². The third kappa shape index (κ3) is 5.10. The molecule has 0 atom stereocenters. The predicted molar refractivity (Wildman–Crippen MR) is 95.4 cm³/mol. The monoisotopic (exact) mass is 417 g/mol. The van der Waals surface area contributed by atoms with Crippen molar-refractivity contribution in [3.8, 4) is 0 Å². The number of amides is 1. The minimum atomic E-state index is -4.89. The van der Waals surface area contributed by atoms with Crippen LogP contribution in [0, 0.1) is 5.82 Å². The minimum absolute atomic E-state index is 0.114. The Balaban J connectivity index is 2.11. The second kappa shape index (κ2) is 8.57. The minimum Gasteiger partial charge on any atom is -0.324 e. The van der Waals surface area contributed by atoms with Crippen LogP contribution in [0.1, 0.15) is 17.3 Å². The molecule has 1 amide bonds. The standard InChI is InChI=1S/C17H14F3NO4S2/c1-10(22)11-6-7-14(12(18)8-11)26-9-16(23)21-13-4-2-3-5-15(13)27(24,25)17(19)20/h2-8,17H,9H2,1H3,(H,21,23). The number of hydrogen-bond acceptors (Lipinski definition) is 5. The van der Waals surface area contributed by atoms with E-state index in [-0.39, 0.29) is 27.7 Å². The maximum Gasteiger partial charge on any atom is 0.341 e. The highest BCUT2D eigenvalue weighted by Crippen LogP contribution is 2.27. The molecule has 0 unspecified atom stereocenters. The molecule has 0 aliphatic rings. The second-order valence-corrected chi connectivity index (χ2v) is 8.24. The number of ketones is 1. The summed E-state index contributed by atoms with van der Waals surface area (Å²) in [7, 11) is -4.89. The van der Waals surface area contributed by atoms with Gasteiger partial charge in [0.2, 0.25) is 15.7 Å². The Bertz CT molecular complexity index is 978. The molecule has 1 N–H and O–H groups in total. The summed E-state index contributed by atoms with van der Waals surface area (Å²) in [5.74, 6) is -5.61. The van der Waals surface area contributed by atoms with Crippen molar-refractivity contribution in [1.82, 2.24) is 0 Å². The number of carbonyl (C=O) groups is 2. The number of benzene rings is 2. The Hall–Kier alpha value is -2.33. The number of para-hydroxylation sites is 1. The molecular weight excluding hydrogens is 403 g/mol. The van der Waals surface area contributed by atoms with Crippen LogP contribution in [-0.2, 0) is 14.6 Å². The summed E-state index contributed by atoms with van der Waals surface area (Å²) in [6, 6.07) is 8.59. The van der Waals surface area contributed by atoms with E-state index >= 15 is 0 Å². The van der Waals surface area contributed by atoms with Crippen molar-refractivity contribution in [2.75, 3.05) is 11.1 Å². The molecule has 0 aliphatic heterocycles. The zero-order valence-corrected chi connectivity index (χ0v) is 15.5. The van der Waals surface area contributed by atoms with Crippen LogP contribution < -0.4 is 5.32 Å². The lowest BCUT2D eigenvalue weighted by Gasteiger charge is -2.11. The van der Waals surface area contributed by atoms with Crippen LogP contribution in [-0.4, -0.2) is 31.6 Å². The van der Waals surface area contributed by atoms with Gasteiger partial charge < -0.3 is 5.32 Å². The first-order valence-electron chi connectivity index (χ1n) is 7.47. The average Bonchev–Trinajstić information content (AvgIpc) is 2.60. The molecular formula is C17H14F3NO4S2. The quantitative estimate of drug-likeness (QED) is 0.548. The number of carbonyl (C=O) groups excluding carboxylic acids is 2. The van der Waals surface area contributed by atoms with Gasteiger partial charge in [0.1, 0.15) is 5.82 Å². The first-order chi connectivity index (χ1) is 12.6. The van der Waals surface area contributed by atoms with Gasteiger partial charge in [0, 0.05) is 10.5 Å². The van der Waals surface area contributed by atoms with Crippen LogP contribution in [0.3, 0.4) is 0 Å². The van der Waals surface area contributed by atoms with Gasteiger partial charge in [-0.2, -0.15) is 8.78 Å². The first kappa shape index (κ1) is 21.0. The van der Waals surface area contributed by atoms with Crippen LogP contribution in [0.4, 0.5) is 18.9 Å². The lowest BCUT2D eigenvalue weighted by Crippen LogP contribution is -2.19. The van der Waals surface area contributed by atoms with E-state index in [9.17, 15) is 31.2 Å². The Morgan fingerprint density at radius 3 is 2.41 bits per heavy atom. The molecule has 0 saturated carbocycles. The fourth-order valence-corrected chi connectivity index (χ4v) is 3.69. The maximum absolute atomic E-state index is 13.9. The molecule has 2 rings (SSSR count). The molecule has 0 aromatic heterocycles. The van der Waals surface area contributed by atoms with Crippen LogP contribution >= 0.6 is 11.8 Å². The van der Waals surface area contributed by atoms with Crippen molar-refractivity contribution >= 4 is 39.0 Å². The highest BCUT2D eigenvalue weighted by molar-refractivity contribution is 8.00. The van der Waals surface area contributed by atoms with Gasteiger partial charge in [-0.1, -0.05) is 18.2 Å². The summed E-state index contributed by atoms with van der Waals surface area (Å²) in [5.41, 5.74) is -0.0942. The number of sulfone groups is 1. The highest BCUT2D eigenvalue weighted by atomic mass is 32.2. The molecule has 10 heteroatoms. The molecule has 2 aromatic rings. The number of Topliss-reactive ketones (excluding diaryl/α,β-unsaturated/α-hetero) is 1. The molecule has 0 saturated heterocycles. The first-order valence-corrected chi connectivity index (χ1v) is 10.0. The lowest BCUT2D eigenvalue weighted by atomic mass is 10.1. The lowest BCUT2D eigenvalue weighted by molar-refractivity contribution is -0.113. The number of hydrogen-bond donors (Lipinski definition) is 1. The Morgan fingerprint density at radius 2 is 1.81 bits per heavy atom. The van der Waals surface area contributed by atoms with Crippen LogP contribution in [0.2, 0.25) is 0 Å². The smallest absolute Gasteiger partial charge is 0.324 e. The molecule has 5 nitrogen and oxygen atoms in total. The fraction of sp³-hybridized carbons (Fsp3) is 0.176. The summed E-state index contributed by atoms with van der Waals surface area (Å²) in [6.07, 6.45) is 0. The number of rotatable bonds is 7. The third-order valence-electron chi connectivity index (χ3n) is 3.40. The zero-order valence-electron chi connectivity index (χ0n) is 13.9. The van der Waals surface area contributed by atoms with Crippen molar-refractivity contribution in [1.29, 1.82) is 0 Å². The van der Waals surface area contributed by atoms with Gasteiger partial charge in [0.05, 0.1) is 16.3 Å². The van der Waals surface area contributed by atoms with Gasteiger partial charge in [-0.15, -0.1) is 11.8 Å². The molecule has 0 fully saturated rings. The number of anilines is 1. The molecule has 0 spiro atoms. The van der Waals surface area contributed by atoms with E-state index in [4.69, 9.17) is 0 Å². The number of thioether (sulfide) groups is 1. The second-order valence-electron chi connectivity index (χ2n) is 5.34. The van der Waals surface area contributed by atoms with E-state index in [2.05, 4.69) is 5.32 Å². The predicted octanol–water partition coefficient (Wildman–Crippen LogP) is 3.76. The molecule has 0 radical (unpaired) electrons. The van der Waals surface area contributed by atoms with Gasteiger partial charge in [-0.3, -0.25) is 9.59 Å². The summed E-state index contributed by atoms with van der Waals surface area (Å²) in [4.78, 5) is 22.6. The number of nitrogens with one attached hydrogen (secondary N) is 1. The largest absolute Gasteiger partial charge is 0.341 e. The summed E-state index contributed by atoms with van der Waals surface area (Å²) in [5, 5.41) is 2.24. The summed E-state index contributed by atoms with van der Waals surface area (Å²) < 4.78 is 62.7. The Morgan fingerprint density at radius 1 is 1.15 bits per heavy atom. The number of halogens is 3. The molecule has 0 heterocycles. The van der Waals surface area contributed by atoms with Crippen LogP contribution in [0.25, 0.3) is 0 Å². The highest BCUT2D eigenvalue weighted by Gasteiger charge is 2.29. The SMILES string of the molecule is CC(=O)c1ccc(SCC(=O)Nc2ccccc2S(=O)(=O)C(F)F)c(F)c1. The fourth-order valence-electron chi connectivity index (χ4n) is 2.08. The van der Waals surface area contributed by atoms with Gasteiger partial charge in [-0.05, 0) is 31.2 Å². The number of alkyl halides is 2. The van der Waals surface area contributed by atoms with E-state index in [1.807, 2.05) is 0 Å². The van der Waals surface area contributed by atoms with Crippen molar-refractivity contribution in [3.63, 3.8) is 0 Å². The molecule has 27 heavy (non-hydrogen) atoms. The van der Waals surface area contributed by atoms with Gasteiger partial charge in [-0.25, -0.2) is 12.8 Å². The van der Waals surface area contributed by atoms with E-state index in [0.717, 1.165) is 23.9 Å². The zero-order chi connectivity index (χ0) is 20.2. The van der Waals surface area contributed by atoms with Crippen molar-refractivity contribution < 1.29 is 31.2 Å². The molecule has 0 aliphatic carbocycles. The van der Waals surface area contributed by atoms with Crippen LogP contribution in [0.15, 0.2) is 52.3 Å². The van der Waals surface area contributed by atoms with E-state index in [0.29, 0.717) is 0 Å². The maximum atomic E-state index is 13.9. The van der Waals surface area contributed by atoms with E-state index in [1.54, 1.807) is 0 Å². The normalized spacial score (nSPS) is 11.4. The molecule has 2 aromatic carbocycles. The molecule has 144 valence electrons. The molecule has 0 bridgehead atoms. The van der Waals surface area contributed by atoms with E-state index in [1.165, 1.54) is 37.3 Å². The van der Waals surface area contributed by atoms with Gasteiger partial charge in [0.15, 0.2) is 5.78 Å². The summed E-state index contributed by atoms with van der Waals surface area (Å²) >= 11 is 0.819. The average molecular weight is 417 g/mol. The van der Waals surface area contributed by atoms with E-state index < -0.39 is 32.2 Å². The topological polar surface area (TPSA) is 80.3 Å². The van der Waals surface area contributed by atoms with Gasteiger partial charge >= 0.3 is 5.76 Å². The van der Waals surface area contributed by atoms with Crippen molar-refractivity contribution in [3.05, 3.63) is 53.8 Å². The Labute approximate surface area is 157 Å². The summed E-state index contributed by atoms with van der Waals surface area (Å²) in [6.45, 7) is 1.29. The third-order valence-corrected chi connectivity index (χ3v) is 5.89. The Kier molecular flexibility index (Phi) is 6.66. The van der Waals surface area contributed by atoms with Crippen molar-refractivity contribution in [2.24, 2.45) is 0 Å². The van der Waals surface area contributed by atoms with Gasteiger partial charge in [0.25, 0.3) is 0 Å². The van der Waals surface area contributed by atoms with Crippen LogP contribution in [0.5, 0.6) is 0 Å².